The van der Waals surface area contributed by atoms with E-state index in [1.54, 1.807) is 11.8 Å². The number of carbonyl (C=O) groups excluding carboxylic acids is 1. The molecular formula is C16H24N2O2S. The number of hydrogen-bond donors (Lipinski definition) is 0. The molecule has 1 aromatic heterocycles. The average Bonchev–Trinajstić information content (AvgIpc) is 2.37. The van der Waals surface area contributed by atoms with Gasteiger partial charge in [-0.1, -0.05) is 0 Å². The van der Waals surface area contributed by atoms with Gasteiger partial charge in [-0.05, 0) is 58.2 Å². The van der Waals surface area contributed by atoms with E-state index < -0.39 is 5.60 Å². The van der Waals surface area contributed by atoms with Crippen LogP contribution in [0.2, 0.25) is 0 Å². The second kappa shape index (κ2) is 6.69. The molecule has 2 rings (SSSR count). The fraction of sp³-hybridized carbons (Fsp3) is 0.625. The van der Waals surface area contributed by atoms with Gasteiger partial charge in [-0.3, -0.25) is 0 Å². The van der Waals surface area contributed by atoms with Gasteiger partial charge in [-0.15, -0.1) is 11.8 Å². The summed E-state index contributed by atoms with van der Waals surface area (Å²) >= 11 is 1.76. The van der Waals surface area contributed by atoms with Crippen LogP contribution in [0.25, 0.3) is 0 Å². The molecule has 1 aliphatic heterocycles. The fourth-order valence-corrected chi connectivity index (χ4v) is 3.53. The van der Waals surface area contributed by atoms with Gasteiger partial charge in [0.1, 0.15) is 5.60 Å². The summed E-state index contributed by atoms with van der Waals surface area (Å²) in [5.41, 5.74) is 0.780. The number of aromatic nitrogens is 1. The molecule has 0 saturated carbocycles. The average molecular weight is 308 g/mol. The quantitative estimate of drug-likeness (QED) is 0.831. The van der Waals surface area contributed by atoms with Crippen LogP contribution < -0.4 is 0 Å². The largest absolute Gasteiger partial charge is 0.444 e. The molecule has 2 heterocycles. The number of aryl methyl sites for hydroxylation is 1. The topological polar surface area (TPSA) is 42.4 Å². The third-order valence-corrected chi connectivity index (χ3v) is 4.39. The zero-order chi connectivity index (χ0) is 15.5. The Morgan fingerprint density at radius 3 is 2.90 bits per heavy atom. The van der Waals surface area contributed by atoms with E-state index in [9.17, 15) is 4.79 Å². The Kier molecular flexibility index (Phi) is 5.14. The molecule has 1 aliphatic rings. The number of amides is 1. The van der Waals surface area contributed by atoms with Gasteiger partial charge in [-0.2, -0.15) is 0 Å². The molecule has 0 aliphatic carbocycles. The zero-order valence-corrected chi connectivity index (χ0v) is 14.1. The Labute approximate surface area is 131 Å². The van der Waals surface area contributed by atoms with Crippen molar-refractivity contribution >= 4 is 17.9 Å². The van der Waals surface area contributed by atoms with E-state index in [0.717, 1.165) is 31.0 Å². The Morgan fingerprint density at radius 2 is 2.24 bits per heavy atom. The van der Waals surface area contributed by atoms with Gasteiger partial charge in [0.2, 0.25) is 0 Å². The van der Waals surface area contributed by atoms with Crippen molar-refractivity contribution in [2.45, 2.75) is 56.4 Å². The van der Waals surface area contributed by atoms with Crippen LogP contribution in [0.15, 0.2) is 23.4 Å². The number of nitrogens with zero attached hydrogens (tertiary/aromatic N) is 2. The lowest BCUT2D eigenvalue weighted by atomic mass is 10.1. The second-order valence-corrected chi connectivity index (χ2v) is 7.80. The summed E-state index contributed by atoms with van der Waals surface area (Å²) in [5.74, 6) is 0. The van der Waals surface area contributed by atoms with Gasteiger partial charge in [0.15, 0.2) is 0 Å². The van der Waals surface area contributed by atoms with Gasteiger partial charge < -0.3 is 9.64 Å². The summed E-state index contributed by atoms with van der Waals surface area (Å²) in [4.78, 5) is 18.4. The van der Waals surface area contributed by atoms with Crippen molar-refractivity contribution in [3.63, 3.8) is 0 Å². The first-order valence-corrected chi connectivity index (χ1v) is 8.29. The number of ether oxygens (including phenoxy) is 1. The standard InChI is InChI=1S/C16H24N2O2S/c1-12-7-8-17-14(10-12)21-13-6-5-9-18(11-13)15(19)20-16(2,3)4/h7-8,10,13H,5-6,9,11H2,1-4H3. The van der Waals surface area contributed by atoms with Gasteiger partial charge in [-0.25, -0.2) is 9.78 Å². The molecule has 0 N–H and O–H groups in total. The number of thioether (sulfide) groups is 1. The maximum absolute atomic E-state index is 12.1. The highest BCUT2D eigenvalue weighted by Crippen LogP contribution is 2.29. The SMILES string of the molecule is Cc1ccnc(SC2CCCN(C(=O)OC(C)(C)C)C2)c1. The molecule has 5 heteroatoms. The van der Waals surface area contributed by atoms with Crippen molar-refractivity contribution in [3.8, 4) is 0 Å². The lowest BCUT2D eigenvalue weighted by Crippen LogP contribution is -2.43. The number of hydrogen-bond acceptors (Lipinski definition) is 4. The van der Waals surface area contributed by atoms with Crippen molar-refractivity contribution in [2.75, 3.05) is 13.1 Å². The molecule has 0 bridgehead atoms. The summed E-state index contributed by atoms with van der Waals surface area (Å²) in [6.45, 7) is 9.29. The van der Waals surface area contributed by atoms with E-state index in [4.69, 9.17) is 4.74 Å². The molecule has 4 nitrogen and oxygen atoms in total. The summed E-state index contributed by atoms with van der Waals surface area (Å²) in [6.07, 6.45) is 3.76. The Hall–Kier alpha value is -1.23. The van der Waals surface area contributed by atoms with Crippen molar-refractivity contribution in [3.05, 3.63) is 23.9 Å². The monoisotopic (exact) mass is 308 g/mol. The fourth-order valence-electron chi connectivity index (χ4n) is 2.27. The number of piperidine rings is 1. The highest BCUT2D eigenvalue weighted by atomic mass is 32.2. The summed E-state index contributed by atoms with van der Waals surface area (Å²) in [5, 5.41) is 1.42. The molecule has 0 spiro atoms. The predicted octanol–water partition coefficient (Wildman–Crippen LogP) is 3.88. The zero-order valence-electron chi connectivity index (χ0n) is 13.3. The summed E-state index contributed by atoms with van der Waals surface area (Å²) in [7, 11) is 0. The first kappa shape index (κ1) is 16.1. The van der Waals surface area contributed by atoms with Crippen LogP contribution in [-0.2, 0) is 4.74 Å². The second-order valence-electron chi connectivity index (χ2n) is 6.48. The molecule has 21 heavy (non-hydrogen) atoms. The molecule has 1 atom stereocenters. The van der Waals surface area contributed by atoms with Crippen LogP contribution in [0.3, 0.4) is 0 Å². The minimum atomic E-state index is -0.435. The van der Waals surface area contributed by atoms with Crippen molar-refractivity contribution < 1.29 is 9.53 Å². The van der Waals surface area contributed by atoms with Crippen molar-refractivity contribution in [1.29, 1.82) is 0 Å². The summed E-state index contributed by atoms with van der Waals surface area (Å²) in [6, 6.07) is 4.09. The number of likely N-dealkylation sites (tertiary alicyclic amines) is 1. The lowest BCUT2D eigenvalue weighted by Gasteiger charge is -2.33. The molecule has 1 saturated heterocycles. The first-order chi connectivity index (χ1) is 9.83. The van der Waals surface area contributed by atoms with Crippen LogP contribution in [-0.4, -0.2) is 39.9 Å². The van der Waals surface area contributed by atoms with E-state index in [-0.39, 0.29) is 6.09 Å². The number of carbonyl (C=O) groups is 1. The number of pyridine rings is 1. The van der Waals surface area contributed by atoms with Gasteiger partial charge in [0.05, 0.1) is 5.03 Å². The maximum atomic E-state index is 12.1. The van der Waals surface area contributed by atoms with Crippen LogP contribution in [0.5, 0.6) is 0 Å². The molecule has 116 valence electrons. The number of rotatable bonds is 2. The minimum absolute atomic E-state index is 0.204. The van der Waals surface area contributed by atoms with E-state index in [0.29, 0.717) is 5.25 Å². The highest BCUT2D eigenvalue weighted by Gasteiger charge is 2.28. The third kappa shape index (κ3) is 5.23. The molecular weight excluding hydrogens is 284 g/mol. The third-order valence-electron chi connectivity index (χ3n) is 3.21. The highest BCUT2D eigenvalue weighted by molar-refractivity contribution is 7.99. The Morgan fingerprint density at radius 1 is 1.48 bits per heavy atom. The van der Waals surface area contributed by atoms with E-state index in [1.807, 2.05) is 37.9 Å². The lowest BCUT2D eigenvalue weighted by molar-refractivity contribution is 0.0220. The van der Waals surface area contributed by atoms with Gasteiger partial charge in [0, 0.05) is 24.5 Å². The maximum Gasteiger partial charge on any atom is 0.410 e. The molecule has 1 unspecified atom stereocenters. The van der Waals surface area contributed by atoms with Gasteiger partial charge >= 0.3 is 6.09 Å². The predicted molar refractivity (Wildman–Crippen MR) is 85.7 cm³/mol. The Bertz CT molecular complexity index is 499. The van der Waals surface area contributed by atoms with Crippen LogP contribution >= 0.6 is 11.8 Å². The van der Waals surface area contributed by atoms with Crippen molar-refractivity contribution in [1.82, 2.24) is 9.88 Å². The minimum Gasteiger partial charge on any atom is -0.444 e. The normalized spacial score (nSPS) is 19.4. The molecule has 0 aromatic carbocycles. The van der Waals surface area contributed by atoms with Gasteiger partial charge in [0.25, 0.3) is 0 Å². The van der Waals surface area contributed by atoms with E-state index in [1.165, 1.54) is 5.56 Å². The van der Waals surface area contributed by atoms with Crippen molar-refractivity contribution in [2.24, 2.45) is 0 Å². The Balaban J connectivity index is 1.93. The van der Waals surface area contributed by atoms with Crippen LogP contribution in [0, 0.1) is 6.92 Å². The van der Waals surface area contributed by atoms with E-state index >= 15 is 0 Å². The smallest absolute Gasteiger partial charge is 0.410 e. The molecule has 1 fully saturated rings. The molecule has 1 amide bonds. The van der Waals surface area contributed by atoms with Crippen LogP contribution in [0.4, 0.5) is 4.79 Å². The molecule has 1 aromatic rings. The van der Waals surface area contributed by atoms with E-state index in [2.05, 4.69) is 18.0 Å². The van der Waals surface area contributed by atoms with Crippen LogP contribution in [0.1, 0.15) is 39.2 Å². The summed E-state index contributed by atoms with van der Waals surface area (Å²) < 4.78 is 5.46. The first-order valence-electron chi connectivity index (χ1n) is 7.41. The molecule has 0 radical (unpaired) electrons.